The first-order valence-corrected chi connectivity index (χ1v) is 9.42. The number of piperidine rings is 1. The third kappa shape index (κ3) is 4.81. The van der Waals surface area contributed by atoms with E-state index in [9.17, 15) is 4.79 Å². The van der Waals surface area contributed by atoms with Crippen molar-refractivity contribution in [3.8, 4) is 0 Å². The van der Waals surface area contributed by atoms with Crippen molar-refractivity contribution in [3.63, 3.8) is 0 Å². The van der Waals surface area contributed by atoms with Crippen LogP contribution in [0.15, 0.2) is 30.3 Å². The fourth-order valence-corrected chi connectivity index (χ4v) is 3.78. The summed E-state index contributed by atoms with van der Waals surface area (Å²) < 4.78 is 6.04. The van der Waals surface area contributed by atoms with Crippen LogP contribution in [0.2, 0.25) is 0 Å². The summed E-state index contributed by atoms with van der Waals surface area (Å²) in [6.07, 6.45) is 7.13. The van der Waals surface area contributed by atoms with E-state index in [-0.39, 0.29) is 11.9 Å². The van der Waals surface area contributed by atoms with E-state index in [0.717, 1.165) is 38.8 Å². The number of amides is 1. The van der Waals surface area contributed by atoms with Crippen LogP contribution in [-0.2, 0) is 16.1 Å². The van der Waals surface area contributed by atoms with Crippen LogP contribution < -0.4 is 5.32 Å². The van der Waals surface area contributed by atoms with Gasteiger partial charge in [0.15, 0.2) is 0 Å². The van der Waals surface area contributed by atoms with Crippen molar-refractivity contribution in [3.05, 3.63) is 35.9 Å². The van der Waals surface area contributed by atoms with E-state index in [0.29, 0.717) is 18.8 Å². The molecule has 1 aliphatic carbocycles. The number of rotatable bonds is 6. The van der Waals surface area contributed by atoms with Gasteiger partial charge in [-0.3, -0.25) is 9.69 Å². The summed E-state index contributed by atoms with van der Waals surface area (Å²) in [7, 11) is 0. The summed E-state index contributed by atoms with van der Waals surface area (Å²) in [6.45, 7) is 4.61. The molecule has 1 aliphatic heterocycles. The minimum absolute atomic E-state index is 0.0272. The highest BCUT2D eigenvalue weighted by molar-refractivity contribution is 5.81. The Balaban J connectivity index is 1.38. The van der Waals surface area contributed by atoms with Crippen molar-refractivity contribution in [1.29, 1.82) is 0 Å². The molecule has 1 amide bonds. The number of hydrogen-bond acceptors (Lipinski definition) is 3. The number of benzene rings is 1. The van der Waals surface area contributed by atoms with Crippen LogP contribution >= 0.6 is 0 Å². The van der Waals surface area contributed by atoms with E-state index >= 15 is 0 Å². The van der Waals surface area contributed by atoms with Gasteiger partial charge in [-0.25, -0.2) is 0 Å². The van der Waals surface area contributed by atoms with Crippen molar-refractivity contribution >= 4 is 5.91 Å². The van der Waals surface area contributed by atoms with Gasteiger partial charge in [-0.1, -0.05) is 43.2 Å². The third-order valence-electron chi connectivity index (χ3n) is 5.43. The zero-order valence-electron chi connectivity index (χ0n) is 14.7. The molecule has 0 unspecified atom stereocenters. The molecule has 4 heteroatoms. The average molecular weight is 330 g/mol. The number of hydrogen-bond donors (Lipinski definition) is 1. The highest BCUT2D eigenvalue weighted by Gasteiger charge is 2.28. The Kier molecular flexibility index (Phi) is 6.27. The molecule has 2 fully saturated rings. The second-order valence-electron chi connectivity index (χ2n) is 7.20. The van der Waals surface area contributed by atoms with E-state index in [1.54, 1.807) is 0 Å². The topological polar surface area (TPSA) is 41.6 Å². The van der Waals surface area contributed by atoms with Gasteiger partial charge < -0.3 is 10.1 Å². The molecule has 1 saturated carbocycles. The maximum atomic E-state index is 12.4. The maximum absolute atomic E-state index is 12.4. The molecule has 0 radical (unpaired) electrons. The monoisotopic (exact) mass is 330 g/mol. The quantitative estimate of drug-likeness (QED) is 0.871. The lowest BCUT2D eigenvalue weighted by molar-refractivity contribution is -0.127. The molecule has 0 bridgehead atoms. The largest absolute Gasteiger partial charge is 0.373 e. The average Bonchev–Trinajstić information content (AvgIpc) is 3.13. The van der Waals surface area contributed by atoms with Crippen LogP contribution in [0.5, 0.6) is 0 Å². The van der Waals surface area contributed by atoms with Crippen LogP contribution in [0.3, 0.4) is 0 Å². The summed E-state index contributed by atoms with van der Waals surface area (Å²) in [4.78, 5) is 14.7. The number of carbonyl (C=O) groups is 1. The molecule has 0 aromatic heterocycles. The van der Waals surface area contributed by atoms with Crippen molar-refractivity contribution in [2.45, 2.75) is 70.2 Å². The molecule has 4 nitrogen and oxygen atoms in total. The minimum Gasteiger partial charge on any atom is -0.373 e. The lowest BCUT2D eigenvalue weighted by Crippen LogP contribution is -2.50. The van der Waals surface area contributed by atoms with E-state index < -0.39 is 0 Å². The molecule has 1 aromatic rings. The van der Waals surface area contributed by atoms with Gasteiger partial charge in [-0.05, 0) is 38.2 Å². The van der Waals surface area contributed by atoms with Gasteiger partial charge >= 0.3 is 0 Å². The second kappa shape index (κ2) is 8.63. The minimum atomic E-state index is -0.0272. The molecule has 1 aromatic carbocycles. The Morgan fingerprint density at radius 1 is 1.17 bits per heavy atom. The Bertz CT molecular complexity index is 506. The Labute approximate surface area is 145 Å². The van der Waals surface area contributed by atoms with Gasteiger partial charge in [0.1, 0.15) is 0 Å². The van der Waals surface area contributed by atoms with Crippen LogP contribution in [0.1, 0.15) is 51.0 Å². The zero-order valence-corrected chi connectivity index (χ0v) is 14.7. The number of nitrogens with zero attached hydrogens (tertiary/aromatic N) is 1. The predicted octanol–water partition coefficient (Wildman–Crippen LogP) is 3.11. The fourth-order valence-electron chi connectivity index (χ4n) is 3.78. The van der Waals surface area contributed by atoms with Gasteiger partial charge in [0.25, 0.3) is 0 Å². The van der Waals surface area contributed by atoms with Gasteiger partial charge in [0.2, 0.25) is 5.91 Å². The number of nitrogens with one attached hydrogen (secondary N) is 1. The van der Waals surface area contributed by atoms with Crippen LogP contribution in [0, 0.1) is 0 Å². The molecule has 132 valence electrons. The van der Waals surface area contributed by atoms with Gasteiger partial charge in [0.05, 0.1) is 18.8 Å². The molecular weight excluding hydrogens is 300 g/mol. The van der Waals surface area contributed by atoms with Crippen LogP contribution in [-0.4, -0.2) is 42.1 Å². The van der Waals surface area contributed by atoms with E-state index in [1.165, 1.54) is 18.4 Å². The fraction of sp³-hybridized carbons (Fsp3) is 0.650. The number of carbonyl (C=O) groups excluding carboxylic acids is 1. The van der Waals surface area contributed by atoms with Crippen LogP contribution in [0.4, 0.5) is 0 Å². The molecular formula is C20H30N2O2. The van der Waals surface area contributed by atoms with Crippen molar-refractivity contribution in [2.24, 2.45) is 0 Å². The standard InChI is InChI=1S/C20H30N2O2/c1-16(20(23)21-18-9-5-6-10-18)22-13-11-19(12-14-22)24-15-17-7-3-2-4-8-17/h2-4,7-8,16,18-19H,5-6,9-15H2,1H3,(H,21,23)/t16-/m1/s1. The molecule has 1 atom stereocenters. The molecule has 1 N–H and O–H groups in total. The number of ether oxygens (including phenoxy) is 1. The van der Waals surface area contributed by atoms with Crippen molar-refractivity contribution in [1.82, 2.24) is 10.2 Å². The maximum Gasteiger partial charge on any atom is 0.237 e. The molecule has 1 saturated heterocycles. The Morgan fingerprint density at radius 2 is 1.83 bits per heavy atom. The molecule has 0 spiro atoms. The smallest absolute Gasteiger partial charge is 0.237 e. The molecule has 3 rings (SSSR count). The summed E-state index contributed by atoms with van der Waals surface area (Å²) >= 11 is 0. The lowest BCUT2D eigenvalue weighted by Gasteiger charge is -2.35. The molecule has 2 aliphatic rings. The van der Waals surface area contributed by atoms with Crippen molar-refractivity contribution < 1.29 is 9.53 Å². The molecule has 1 heterocycles. The predicted molar refractivity (Wildman–Crippen MR) is 95.7 cm³/mol. The van der Waals surface area contributed by atoms with E-state index in [4.69, 9.17) is 4.74 Å². The highest BCUT2D eigenvalue weighted by atomic mass is 16.5. The third-order valence-corrected chi connectivity index (χ3v) is 5.43. The van der Waals surface area contributed by atoms with Gasteiger partial charge in [-0.15, -0.1) is 0 Å². The lowest BCUT2D eigenvalue weighted by atomic mass is 10.1. The highest BCUT2D eigenvalue weighted by Crippen LogP contribution is 2.20. The van der Waals surface area contributed by atoms with Gasteiger partial charge in [0, 0.05) is 19.1 Å². The van der Waals surface area contributed by atoms with E-state index in [1.807, 2.05) is 25.1 Å². The first-order valence-electron chi connectivity index (χ1n) is 9.42. The summed E-state index contributed by atoms with van der Waals surface area (Å²) in [5, 5.41) is 3.22. The molecule has 24 heavy (non-hydrogen) atoms. The first kappa shape index (κ1) is 17.4. The van der Waals surface area contributed by atoms with E-state index in [2.05, 4.69) is 22.3 Å². The SMILES string of the molecule is C[C@H](C(=O)NC1CCCC1)N1CCC(OCc2ccccc2)CC1. The second-order valence-corrected chi connectivity index (χ2v) is 7.20. The van der Waals surface area contributed by atoms with Gasteiger partial charge in [-0.2, -0.15) is 0 Å². The summed E-state index contributed by atoms with van der Waals surface area (Å²) in [5.74, 6) is 0.200. The van der Waals surface area contributed by atoms with Crippen molar-refractivity contribution in [2.75, 3.05) is 13.1 Å². The zero-order chi connectivity index (χ0) is 16.8. The normalized spacial score (nSPS) is 21.7. The first-order chi connectivity index (χ1) is 11.7. The summed E-state index contributed by atoms with van der Waals surface area (Å²) in [6, 6.07) is 10.7. The Morgan fingerprint density at radius 3 is 2.50 bits per heavy atom. The Hall–Kier alpha value is -1.39. The van der Waals surface area contributed by atoms with Crippen LogP contribution in [0.25, 0.3) is 0 Å². The number of likely N-dealkylation sites (tertiary alicyclic amines) is 1. The summed E-state index contributed by atoms with van der Waals surface area (Å²) in [5.41, 5.74) is 1.23.